The van der Waals surface area contributed by atoms with Crippen LogP contribution in [-0.2, 0) is 16.8 Å². The lowest BCUT2D eigenvalue weighted by Crippen LogP contribution is -2.24. The number of aliphatic hydroxyl groups excluding tert-OH is 1. The topological polar surface area (TPSA) is 62.2 Å². The van der Waals surface area contributed by atoms with Crippen LogP contribution < -0.4 is 5.32 Å². The zero-order valence-corrected chi connectivity index (χ0v) is 14.0. The fourth-order valence-electron chi connectivity index (χ4n) is 1.95. The van der Waals surface area contributed by atoms with Gasteiger partial charge >= 0.3 is 0 Å². The van der Waals surface area contributed by atoms with E-state index in [0.29, 0.717) is 6.54 Å². The van der Waals surface area contributed by atoms with Gasteiger partial charge < -0.3 is 10.4 Å². The van der Waals surface area contributed by atoms with Gasteiger partial charge in [0, 0.05) is 10.8 Å². The van der Waals surface area contributed by atoms with Gasteiger partial charge in [-0.05, 0) is 5.56 Å². The van der Waals surface area contributed by atoms with Crippen LogP contribution in [0.15, 0.2) is 35.7 Å². The molecule has 1 aromatic heterocycles. The van der Waals surface area contributed by atoms with Crippen molar-refractivity contribution in [3.8, 4) is 0 Å². The highest BCUT2D eigenvalue weighted by Crippen LogP contribution is 2.23. The second kappa shape index (κ2) is 7.03. The van der Waals surface area contributed by atoms with Crippen molar-refractivity contribution in [2.45, 2.75) is 45.3 Å². The van der Waals surface area contributed by atoms with Crippen molar-refractivity contribution in [1.82, 2.24) is 10.3 Å². The average molecular weight is 318 g/mol. The third-order valence-corrected chi connectivity index (χ3v) is 4.17. The van der Waals surface area contributed by atoms with Gasteiger partial charge in [-0.3, -0.25) is 4.79 Å². The summed E-state index contributed by atoms with van der Waals surface area (Å²) < 4.78 is 0. The van der Waals surface area contributed by atoms with E-state index in [2.05, 4.69) is 31.1 Å². The monoisotopic (exact) mass is 318 g/mol. The molecule has 2 aromatic rings. The van der Waals surface area contributed by atoms with E-state index >= 15 is 0 Å². The van der Waals surface area contributed by atoms with Crippen LogP contribution in [0.2, 0.25) is 0 Å². The van der Waals surface area contributed by atoms with Gasteiger partial charge in [0.1, 0.15) is 5.01 Å². The van der Waals surface area contributed by atoms with Gasteiger partial charge in [0.15, 0.2) is 0 Å². The maximum Gasteiger partial charge on any atom is 0.223 e. The molecular formula is C17H22N2O2S. The van der Waals surface area contributed by atoms with E-state index in [4.69, 9.17) is 0 Å². The molecule has 0 radical (unpaired) electrons. The van der Waals surface area contributed by atoms with Crippen LogP contribution in [0.5, 0.6) is 0 Å². The molecule has 0 bridgehead atoms. The summed E-state index contributed by atoms with van der Waals surface area (Å²) in [5.74, 6) is -0.177. The Kier molecular flexibility index (Phi) is 5.32. The molecule has 22 heavy (non-hydrogen) atoms. The normalized spacial score (nSPS) is 12.9. The van der Waals surface area contributed by atoms with Gasteiger partial charge in [0.25, 0.3) is 0 Å². The Morgan fingerprint density at radius 2 is 2.00 bits per heavy atom. The van der Waals surface area contributed by atoms with Crippen LogP contribution in [0.4, 0.5) is 0 Å². The second-order valence-corrected chi connectivity index (χ2v) is 7.23. The van der Waals surface area contributed by atoms with Crippen molar-refractivity contribution in [3.63, 3.8) is 0 Å². The quantitative estimate of drug-likeness (QED) is 0.890. The number of aromatic nitrogens is 1. The van der Waals surface area contributed by atoms with Gasteiger partial charge in [0.2, 0.25) is 5.91 Å². The van der Waals surface area contributed by atoms with Gasteiger partial charge in [-0.15, -0.1) is 11.3 Å². The molecule has 0 aliphatic heterocycles. The first kappa shape index (κ1) is 16.6. The van der Waals surface area contributed by atoms with E-state index in [1.807, 2.05) is 35.7 Å². The van der Waals surface area contributed by atoms with Gasteiger partial charge in [-0.25, -0.2) is 4.98 Å². The number of benzene rings is 1. The van der Waals surface area contributed by atoms with Gasteiger partial charge in [-0.1, -0.05) is 51.1 Å². The third kappa shape index (κ3) is 4.64. The summed E-state index contributed by atoms with van der Waals surface area (Å²) in [4.78, 5) is 16.4. The third-order valence-electron chi connectivity index (χ3n) is 3.32. The molecule has 1 amide bonds. The molecule has 0 spiro atoms. The number of hydrogen-bond donors (Lipinski definition) is 2. The number of hydrogen-bond acceptors (Lipinski definition) is 4. The van der Waals surface area contributed by atoms with Gasteiger partial charge in [-0.2, -0.15) is 0 Å². The standard InChI is InChI=1S/C17H22N2O2S/c1-17(2,3)14-11-22-16(19-14)10-18-15(21)9-13(20)12-7-5-4-6-8-12/h4-8,11,13,20H,9-10H2,1-3H3,(H,18,21). The molecular weight excluding hydrogens is 296 g/mol. The Morgan fingerprint density at radius 1 is 1.32 bits per heavy atom. The summed E-state index contributed by atoms with van der Waals surface area (Å²) in [6.07, 6.45) is -0.718. The molecule has 1 aromatic carbocycles. The second-order valence-electron chi connectivity index (χ2n) is 6.28. The number of carbonyl (C=O) groups excluding carboxylic acids is 1. The van der Waals surface area contributed by atoms with Crippen LogP contribution in [0.3, 0.4) is 0 Å². The number of nitrogens with one attached hydrogen (secondary N) is 1. The smallest absolute Gasteiger partial charge is 0.223 e. The van der Waals surface area contributed by atoms with Crippen molar-refractivity contribution in [2.75, 3.05) is 0 Å². The highest BCUT2D eigenvalue weighted by molar-refractivity contribution is 7.09. The van der Waals surface area contributed by atoms with Crippen LogP contribution in [-0.4, -0.2) is 16.0 Å². The molecule has 4 nitrogen and oxygen atoms in total. The number of amides is 1. The highest BCUT2D eigenvalue weighted by atomic mass is 32.1. The largest absolute Gasteiger partial charge is 0.388 e. The first-order valence-electron chi connectivity index (χ1n) is 7.31. The Bertz CT molecular complexity index is 617. The number of thiazole rings is 1. The van der Waals surface area contributed by atoms with E-state index in [9.17, 15) is 9.90 Å². The molecule has 118 valence electrons. The first-order chi connectivity index (χ1) is 10.4. The van der Waals surface area contributed by atoms with Crippen LogP contribution in [0.25, 0.3) is 0 Å². The van der Waals surface area contributed by atoms with E-state index in [1.54, 1.807) is 11.3 Å². The Morgan fingerprint density at radius 3 is 2.59 bits per heavy atom. The Balaban J connectivity index is 1.84. The fourth-order valence-corrected chi connectivity index (χ4v) is 2.91. The average Bonchev–Trinajstić information content (AvgIpc) is 2.95. The SMILES string of the molecule is CC(C)(C)c1csc(CNC(=O)CC(O)c2ccccc2)n1. The molecule has 0 saturated heterocycles. The summed E-state index contributed by atoms with van der Waals surface area (Å²) in [6.45, 7) is 6.74. The Hall–Kier alpha value is -1.72. The zero-order valence-electron chi connectivity index (χ0n) is 13.2. The molecule has 2 rings (SSSR count). The van der Waals surface area contributed by atoms with Crippen molar-refractivity contribution in [3.05, 3.63) is 52.0 Å². The highest BCUT2D eigenvalue weighted by Gasteiger charge is 2.18. The van der Waals surface area contributed by atoms with E-state index in [1.165, 1.54) is 0 Å². The van der Waals surface area contributed by atoms with E-state index in [0.717, 1.165) is 16.3 Å². The van der Waals surface area contributed by atoms with Crippen LogP contribution in [0, 0.1) is 0 Å². The molecule has 5 heteroatoms. The van der Waals surface area contributed by atoms with Crippen molar-refractivity contribution in [1.29, 1.82) is 0 Å². The minimum Gasteiger partial charge on any atom is -0.388 e. The predicted molar refractivity (Wildman–Crippen MR) is 88.7 cm³/mol. The number of rotatable bonds is 5. The van der Waals surface area contributed by atoms with Crippen LogP contribution >= 0.6 is 11.3 Å². The number of carbonyl (C=O) groups is 1. The van der Waals surface area contributed by atoms with E-state index in [-0.39, 0.29) is 17.7 Å². The van der Waals surface area contributed by atoms with Crippen molar-refractivity contribution < 1.29 is 9.90 Å². The zero-order chi connectivity index (χ0) is 16.2. The van der Waals surface area contributed by atoms with Crippen molar-refractivity contribution >= 4 is 17.2 Å². The molecule has 0 fully saturated rings. The molecule has 1 atom stereocenters. The molecule has 1 heterocycles. The lowest BCUT2D eigenvalue weighted by Gasteiger charge is -2.14. The van der Waals surface area contributed by atoms with Gasteiger partial charge in [0.05, 0.1) is 24.8 Å². The molecule has 1 unspecified atom stereocenters. The minimum absolute atomic E-state index is 0.0161. The molecule has 0 aliphatic rings. The summed E-state index contributed by atoms with van der Waals surface area (Å²) >= 11 is 1.55. The minimum atomic E-state index is -0.775. The van der Waals surface area contributed by atoms with Crippen LogP contribution in [0.1, 0.15) is 49.6 Å². The lowest BCUT2D eigenvalue weighted by molar-refractivity contribution is -0.123. The van der Waals surface area contributed by atoms with Crippen molar-refractivity contribution in [2.24, 2.45) is 0 Å². The predicted octanol–water partition coefficient (Wildman–Crippen LogP) is 3.18. The summed E-state index contributed by atoms with van der Waals surface area (Å²) in [7, 11) is 0. The maximum atomic E-state index is 11.9. The number of aliphatic hydroxyl groups is 1. The molecule has 2 N–H and O–H groups in total. The summed E-state index contributed by atoms with van der Waals surface area (Å²) in [5, 5.41) is 15.7. The molecule has 0 saturated carbocycles. The van der Waals surface area contributed by atoms with E-state index < -0.39 is 6.10 Å². The Labute approximate surface area is 135 Å². The first-order valence-corrected chi connectivity index (χ1v) is 8.19. The maximum absolute atomic E-state index is 11.9. The lowest BCUT2D eigenvalue weighted by atomic mass is 9.93. The number of nitrogens with zero attached hydrogens (tertiary/aromatic N) is 1. The fraction of sp³-hybridized carbons (Fsp3) is 0.412. The summed E-state index contributed by atoms with van der Waals surface area (Å²) in [6, 6.07) is 9.20. The summed E-state index contributed by atoms with van der Waals surface area (Å²) in [5.41, 5.74) is 1.80. The molecule has 0 aliphatic carbocycles.